The van der Waals surface area contributed by atoms with E-state index in [-0.39, 0.29) is 23.4 Å². The summed E-state index contributed by atoms with van der Waals surface area (Å²) in [6.07, 6.45) is 3.81. The largest absolute Gasteiger partial charge is 0.486 e. The molecule has 1 atom stereocenters. The van der Waals surface area contributed by atoms with Crippen molar-refractivity contribution >= 4 is 21.6 Å². The highest BCUT2D eigenvalue weighted by Crippen LogP contribution is 2.38. The zero-order chi connectivity index (χ0) is 22.8. The SMILES string of the molecule is O=C(CN1CCC[C@H]1c1ccc2c(c1)OCCO2)Nc1ccc(S(=O)(=O)N2CCCC2)cc1. The molecule has 1 N–H and O–H groups in total. The van der Waals surface area contributed by atoms with Gasteiger partial charge in [0.1, 0.15) is 13.2 Å². The number of amides is 1. The Bertz CT molecular complexity index is 1110. The Kier molecular flexibility index (Phi) is 6.27. The van der Waals surface area contributed by atoms with Crippen molar-refractivity contribution in [2.75, 3.05) is 44.7 Å². The molecule has 3 aliphatic heterocycles. The Labute approximate surface area is 194 Å². The van der Waals surface area contributed by atoms with E-state index >= 15 is 0 Å². The standard InChI is InChI=1S/C24H29N3O5S/c28-24(25-19-6-8-20(9-7-19)33(29,30)27-12-1-2-13-27)17-26-11-3-4-21(26)18-5-10-22-23(16-18)32-15-14-31-22/h5-10,16,21H,1-4,11-15,17H2,(H,25,28)/t21-/m0/s1. The molecule has 2 aromatic carbocycles. The maximum absolute atomic E-state index is 12.7. The maximum atomic E-state index is 12.7. The zero-order valence-corrected chi connectivity index (χ0v) is 19.4. The molecule has 0 aliphatic carbocycles. The van der Waals surface area contributed by atoms with Crippen molar-refractivity contribution in [3.05, 3.63) is 48.0 Å². The van der Waals surface area contributed by atoms with E-state index < -0.39 is 10.0 Å². The first kappa shape index (κ1) is 22.2. The first-order valence-corrected chi connectivity index (χ1v) is 13.0. The molecular weight excluding hydrogens is 442 g/mol. The van der Waals surface area contributed by atoms with Gasteiger partial charge in [-0.05, 0) is 74.2 Å². The Balaban J connectivity index is 1.21. The van der Waals surface area contributed by atoms with Gasteiger partial charge in [0.2, 0.25) is 15.9 Å². The van der Waals surface area contributed by atoms with Crippen molar-refractivity contribution in [1.29, 1.82) is 0 Å². The number of hydrogen-bond acceptors (Lipinski definition) is 6. The van der Waals surface area contributed by atoms with E-state index in [1.807, 2.05) is 18.2 Å². The quantitative estimate of drug-likeness (QED) is 0.697. The average Bonchev–Trinajstić information content (AvgIpc) is 3.52. The van der Waals surface area contributed by atoms with Crippen molar-refractivity contribution in [3.63, 3.8) is 0 Å². The second-order valence-electron chi connectivity index (χ2n) is 8.72. The minimum absolute atomic E-state index is 0.116. The zero-order valence-electron chi connectivity index (χ0n) is 18.5. The molecule has 0 bridgehead atoms. The molecule has 2 saturated heterocycles. The highest BCUT2D eigenvalue weighted by Gasteiger charge is 2.29. The molecule has 3 heterocycles. The van der Waals surface area contributed by atoms with E-state index in [1.165, 1.54) is 4.31 Å². The summed E-state index contributed by atoms with van der Waals surface area (Å²) in [7, 11) is -3.45. The lowest BCUT2D eigenvalue weighted by Crippen LogP contribution is -2.33. The van der Waals surface area contributed by atoms with Gasteiger partial charge in [0, 0.05) is 24.8 Å². The topological polar surface area (TPSA) is 88.2 Å². The van der Waals surface area contributed by atoms with Crippen LogP contribution < -0.4 is 14.8 Å². The van der Waals surface area contributed by atoms with E-state index in [2.05, 4.69) is 10.2 Å². The second-order valence-corrected chi connectivity index (χ2v) is 10.7. The minimum atomic E-state index is -3.45. The molecule has 33 heavy (non-hydrogen) atoms. The van der Waals surface area contributed by atoms with Crippen LogP contribution in [0.15, 0.2) is 47.4 Å². The van der Waals surface area contributed by atoms with Crippen LogP contribution in [0.3, 0.4) is 0 Å². The van der Waals surface area contributed by atoms with Gasteiger partial charge >= 0.3 is 0 Å². The molecule has 9 heteroatoms. The van der Waals surface area contributed by atoms with Gasteiger partial charge in [-0.15, -0.1) is 0 Å². The third-order valence-electron chi connectivity index (χ3n) is 6.50. The normalized spacial score (nSPS) is 21.3. The fraction of sp³-hybridized carbons (Fsp3) is 0.458. The maximum Gasteiger partial charge on any atom is 0.243 e. The van der Waals surface area contributed by atoms with E-state index in [0.717, 1.165) is 49.3 Å². The Morgan fingerprint density at radius 3 is 2.42 bits per heavy atom. The van der Waals surface area contributed by atoms with Gasteiger partial charge in [-0.3, -0.25) is 9.69 Å². The van der Waals surface area contributed by atoms with Crippen LogP contribution in [0.5, 0.6) is 11.5 Å². The predicted molar refractivity (Wildman–Crippen MR) is 124 cm³/mol. The van der Waals surface area contributed by atoms with Gasteiger partial charge in [0.15, 0.2) is 11.5 Å². The number of carbonyl (C=O) groups is 1. The molecule has 2 fully saturated rings. The first-order chi connectivity index (χ1) is 16.0. The summed E-state index contributed by atoms with van der Waals surface area (Å²) in [6.45, 7) is 3.37. The summed E-state index contributed by atoms with van der Waals surface area (Å²) in [5, 5.41) is 2.91. The molecule has 5 rings (SSSR count). The summed E-state index contributed by atoms with van der Waals surface area (Å²) in [5.41, 5.74) is 1.72. The van der Waals surface area contributed by atoms with E-state index in [4.69, 9.17) is 9.47 Å². The second kappa shape index (κ2) is 9.32. The third kappa shape index (κ3) is 4.71. The predicted octanol–water partition coefficient (Wildman–Crippen LogP) is 3.02. The number of nitrogens with zero attached hydrogens (tertiary/aromatic N) is 2. The number of benzene rings is 2. The number of anilines is 1. The van der Waals surface area contributed by atoms with E-state index in [1.54, 1.807) is 24.3 Å². The van der Waals surface area contributed by atoms with Gasteiger partial charge in [-0.1, -0.05) is 6.07 Å². The molecule has 0 saturated carbocycles. The number of carbonyl (C=O) groups excluding carboxylic acids is 1. The Morgan fingerprint density at radius 1 is 0.939 bits per heavy atom. The number of likely N-dealkylation sites (tertiary alicyclic amines) is 1. The van der Waals surface area contributed by atoms with Crippen molar-refractivity contribution in [1.82, 2.24) is 9.21 Å². The average molecular weight is 472 g/mol. The highest BCUT2D eigenvalue weighted by molar-refractivity contribution is 7.89. The number of sulfonamides is 1. The number of rotatable bonds is 6. The lowest BCUT2D eigenvalue weighted by Gasteiger charge is -2.26. The number of ether oxygens (including phenoxy) is 2. The monoisotopic (exact) mass is 471 g/mol. The molecule has 0 spiro atoms. The van der Waals surface area contributed by atoms with Gasteiger partial charge in [0.25, 0.3) is 0 Å². The minimum Gasteiger partial charge on any atom is -0.486 e. The van der Waals surface area contributed by atoms with Crippen molar-refractivity contribution in [3.8, 4) is 11.5 Å². The van der Waals surface area contributed by atoms with E-state index in [9.17, 15) is 13.2 Å². The van der Waals surface area contributed by atoms with Gasteiger partial charge < -0.3 is 14.8 Å². The summed E-state index contributed by atoms with van der Waals surface area (Å²) < 4.78 is 38.2. The lowest BCUT2D eigenvalue weighted by atomic mass is 10.0. The summed E-state index contributed by atoms with van der Waals surface area (Å²) in [6, 6.07) is 12.6. The van der Waals surface area contributed by atoms with Crippen LogP contribution >= 0.6 is 0 Å². The van der Waals surface area contributed by atoms with Crippen LogP contribution in [0.2, 0.25) is 0 Å². The molecule has 0 unspecified atom stereocenters. The lowest BCUT2D eigenvalue weighted by molar-refractivity contribution is -0.117. The smallest absolute Gasteiger partial charge is 0.243 e. The van der Waals surface area contributed by atoms with Crippen LogP contribution in [0.25, 0.3) is 0 Å². The van der Waals surface area contributed by atoms with Crippen LogP contribution in [0.1, 0.15) is 37.3 Å². The van der Waals surface area contributed by atoms with Crippen LogP contribution in [0.4, 0.5) is 5.69 Å². The molecular formula is C24H29N3O5S. The van der Waals surface area contributed by atoms with Crippen molar-refractivity contribution in [2.24, 2.45) is 0 Å². The first-order valence-electron chi connectivity index (χ1n) is 11.5. The molecule has 2 aromatic rings. The number of nitrogens with one attached hydrogen (secondary N) is 1. The fourth-order valence-electron chi connectivity index (χ4n) is 4.83. The van der Waals surface area contributed by atoms with Crippen LogP contribution in [-0.4, -0.2) is 62.9 Å². The summed E-state index contributed by atoms with van der Waals surface area (Å²) >= 11 is 0. The molecule has 8 nitrogen and oxygen atoms in total. The van der Waals surface area contributed by atoms with Gasteiger partial charge in [-0.2, -0.15) is 4.31 Å². The van der Waals surface area contributed by atoms with E-state index in [0.29, 0.717) is 32.0 Å². The molecule has 3 aliphatic rings. The van der Waals surface area contributed by atoms with Crippen LogP contribution in [-0.2, 0) is 14.8 Å². The molecule has 0 aromatic heterocycles. The van der Waals surface area contributed by atoms with Gasteiger partial charge in [-0.25, -0.2) is 8.42 Å². The molecule has 1 amide bonds. The molecule has 0 radical (unpaired) electrons. The van der Waals surface area contributed by atoms with Crippen molar-refractivity contribution in [2.45, 2.75) is 36.6 Å². The van der Waals surface area contributed by atoms with Crippen molar-refractivity contribution < 1.29 is 22.7 Å². The Morgan fingerprint density at radius 2 is 1.67 bits per heavy atom. The van der Waals surface area contributed by atoms with Gasteiger partial charge in [0.05, 0.1) is 11.4 Å². The summed E-state index contributed by atoms with van der Waals surface area (Å²) in [5.74, 6) is 1.41. The fourth-order valence-corrected chi connectivity index (χ4v) is 6.35. The highest BCUT2D eigenvalue weighted by atomic mass is 32.2. The third-order valence-corrected chi connectivity index (χ3v) is 8.42. The van der Waals surface area contributed by atoms with Crippen LogP contribution in [0, 0.1) is 0 Å². The number of fused-ring (bicyclic) bond motifs is 1. The number of hydrogen-bond donors (Lipinski definition) is 1. The Hall–Kier alpha value is -2.62. The molecule has 176 valence electrons. The summed E-state index contributed by atoms with van der Waals surface area (Å²) in [4.78, 5) is 15.2.